The average Bonchev–Trinajstić information content (AvgIpc) is 2.83. The second kappa shape index (κ2) is 4.83. The summed E-state index contributed by atoms with van der Waals surface area (Å²) in [6.45, 7) is 0.0940. The topological polar surface area (TPSA) is 32.3 Å². The molecular formula is C16H17NO. The third kappa shape index (κ3) is 2.12. The number of aliphatic hydroxyl groups excluding tert-OH is 1. The first-order valence-corrected chi connectivity index (χ1v) is 6.41. The highest BCUT2D eigenvalue weighted by Crippen LogP contribution is 2.33. The summed E-state index contributed by atoms with van der Waals surface area (Å²) in [6, 6.07) is 17.0. The van der Waals surface area contributed by atoms with Gasteiger partial charge in [0.2, 0.25) is 0 Å². The maximum absolute atomic E-state index is 9.15. The van der Waals surface area contributed by atoms with E-state index < -0.39 is 0 Å². The van der Waals surface area contributed by atoms with Gasteiger partial charge in [-0.15, -0.1) is 0 Å². The smallest absolute Gasteiger partial charge is 0.0682 e. The van der Waals surface area contributed by atoms with Crippen LogP contribution in [0.15, 0.2) is 48.5 Å². The lowest BCUT2D eigenvalue weighted by molar-refractivity contribution is 0.282. The van der Waals surface area contributed by atoms with Gasteiger partial charge in [0.25, 0.3) is 0 Å². The van der Waals surface area contributed by atoms with E-state index in [0.717, 1.165) is 24.1 Å². The molecule has 0 saturated carbocycles. The molecule has 0 heterocycles. The first kappa shape index (κ1) is 11.3. The van der Waals surface area contributed by atoms with Gasteiger partial charge in [0.05, 0.1) is 12.6 Å². The Labute approximate surface area is 107 Å². The lowest BCUT2D eigenvalue weighted by Crippen LogP contribution is -2.07. The molecule has 1 unspecified atom stereocenters. The Bertz CT molecular complexity index is 550. The highest BCUT2D eigenvalue weighted by Gasteiger charge is 2.21. The quantitative estimate of drug-likeness (QED) is 0.861. The van der Waals surface area contributed by atoms with Gasteiger partial charge in [0, 0.05) is 5.69 Å². The van der Waals surface area contributed by atoms with E-state index in [9.17, 15) is 0 Å². The van der Waals surface area contributed by atoms with Crippen LogP contribution in [-0.4, -0.2) is 5.11 Å². The van der Waals surface area contributed by atoms with E-state index >= 15 is 0 Å². The van der Waals surface area contributed by atoms with Gasteiger partial charge in [-0.25, -0.2) is 0 Å². The summed E-state index contributed by atoms with van der Waals surface area (Å²) >= 11 is 0. The average molecular weight is 239 g/mol. The number of anilines is 1. The van der Waals surface area contributed by atoms with E-state index in [1.54, 1.807) is 0 Å². The third-order valence-corrected chi connectivity index (χ3v) is 3.58. The molecule has 0 radical (unpaired) electrons. The summed E-state index contributed by atoms with van der Waals surface area (Å²) in [5, 5.41) is 12.7. The lowest BCUT2D eigenvalue weighted by Gasteiger charge is -2.16. The van der Waals surface area contributed by atoms with Gasteiger partial charge in [0.15, 0.2) is 0 Å². The van der Waals surface area contributed by atoms with Crippen LogP contribution in [0.5, 0.6) is 0 Å². The molecule has 18 heavy (non-hydrogen) atoms. The fourth-order valence-electron chi connectivity index (χ4n) is 2.67. The van der Waals surface area contributed by atoms with Crippen LogP contribution in [-0.2, 0) is 13.0 Å². The number of fused-ring (bicyclic) bond motifs is 1. The molecule has 2 nitrogen and oxygen atoms in total. The van der Waals surface area contributed by atoms with E-state index in [1.165, 1.54) is 11.1 Å². The zero-order valence-electron chi connectivity index (χ0n) is 10.3. The Kier molecular flexibility index (Phi) is 3.03. The molecule has 92 valence electrons. The van der Waals surface area contributed by atoms with Crippen LogP contribution in [0, 0.1) is 0 Å². The highest BCUT2D eigenvalue weighted by atomic mass is 16.3. The van der Waals surface area contributed by atoms with Crippen LogP contribution in [0.3, 0.4) is 0 Å². The van der Waals surface area contributed by atoms with E-state index in [1.807, 2.05) is 18.2 Å². The van der Waals surface area contributed by atoms with Crippen molar-refractivity contribution in [1.29, 1.82) is 0 Å². The summed E-state index contributed by atoms with van der Waals surface area (Å²) in [6.07, 6.45) is 2.29. The number of hydrogen-bond donors (Lipinski definition) is 2. The van der Waals surface area contributed by atoms with Crippen molar-refractivity contribution in [3.05, 3.63) is 65.2 Å². The van der Waals surface area contributed by atoms with Crippen molar-refractivity contribution in [1.82, 2.24) is 0 Å². The zero-order chi connectivity index (χ0) is 12.4. The maximum atomic E-state index is 9.15. The summed E-state index contributed by atoms with van der Waals surface area (Å²) in [7, 11) is 0. The predicted octanol–water partition coefficient (Wildman–Crippen LogP) is 3.28. The van der Waals surface area contributed by atoms with Crippen LogP contribution >= 0.6 is 0 Å². The molecule has 0 saturated heterocycles. The third-order valence-electron chi connectivity index (χ3n) is 3.58. The molecule has 0 fully saturated rings. The standard InChI is InChI=1S/C16H17NO/c18-11-12-4-3-6-14(10-12)17-16-9-8-13-5-1-2-7-15(13)16/h1-7,10,16-18H,8-9,11H2. The minimum absolute atomic E-state index is 0.0940. The van der Waals surface area contributed by atoms with Gasteiger partial charge < -0.3 is 10.4 Å². The number of rotatable bonds is 3. The molecule has 1 atom stereocenters. The van der Waals surface area contributed by atoms with E-state index in [-0.39, 0.29) is 6.61 Å². The summed E-state index contributed by atoms with van der Waals surface area (Å²) in [4.78, 5) is 0. The van der Waals surface area contributed by atoms with E-state index in [2.05, 4.69) is 35.6 Å². The van der Waals surface area contributed by atoms with Gasteiger partial charge in [0.1, 0.15) is 0 Å². The molecule has 2 N–H and O–H groups in total. The lowest BCUT2D eigenvalue weighted by atomic mass is 10.1. The number of benzene rings is 2. The molecule has 2 aromatic rings. The van der Waals surface area contributed by atoms with Crippen molar-refractivity contribution in [2.45, 2.75) is 25.5 Å². The predicted molar refractivity (Wildman–Crippen MR) is 73.5 cm³/mol. The maximum Gasteiger partial charge on any atom is 0.0682 e. The largest absolute Gasteiger partial charge is 0.392 e. The molecule has 0 bridgehead atoms. The van der Waals surface area contributed by atoms with Gasteiger partial charge in [-0.3, -0.25) is 0 Å². The summed E-state index contributed by atoms with van der Waals surface area (Å²) in [5.41, 5.74) is 4.90. The number of aryl methyl sites for hydroxylation is 1. The molecule has 2 aromatic carbocycles. The zero-order valence-corrected chi connectivity index (χ0v) is 10.3. The van der Waals surface area contributed by atoms with Crippen LogP contribution in [0.2, 0.25) is 0 Å². The summed E-state index contributed by atoms with van der Waals surface area (Å²) < 4.78 is 0. The minimum atomic E-state index is 0.0940. The van der Waals surface area contributed by atoms with Crippen molar-refractivity contribution in [2.24, 2.45) is 0 Å². The molecule has 0 spiro atoms. The molecule has 1 aliphatic carbocycles. The van der Waals surface area contributed by atoms with Gasteiger partial charge in [-0.2, -0.15) is 0 Å². The fraction of sp³-hybridized carbons (Fsp3) is 0.250. The highest BCUT2D eigenvalue weighted by molar-refractivity contribution is 5.49. The minimum Gasteiger partial charge on any atom is -0.392 e. The molecule has 3 rings (SSSR count). The number of nitrogens with one attached hydrogen (secondary N) is 1. The Balaban J connectivity index is 1.82. The first-order chi connectivity index (χ1) is 8.86. The van der Waals surface area contributed by atoms with E-state index in [4.69, 9.17) is 5.11 Å². The van der Waals surface area contributed by atoms with Crippen LogP contribution < -0.4 is 5.32 Å². The second-order valence-corrected chi connectivity index (χ2v) is 4.79. The monoisotopic (exact) mass is 239 g/mol. The number of aliphatic hydroxyl groups is 1. The molecule has 0 amide bonds. The Morgan fingerprint density at radius 2 is 2.00 bits per heavy atom. The van der Waals surface area contributed by atoms with Crippen molar-refractivity contribution >= 4 is 5.69 Å². The van der Waals surface area contributed by atoms with Crippen LogP contribution in [0.1, 0.15) is 29.2 Å². The van der Waals surface area contributed by atoms with Gasteiger partial charge in [-0.05, 0) is 41.7 Å². The molecule has 2 heteroatoms. The Morgan fingerprint density at radius 3 is 2.89 bits per heavy atom. The van der Waals surface area contributed by atoms with Crippen LogP contribution in [0.4, 0.5) is 5.69 Å². The molecule has 0 aliphatic heterocycles. The van der Waals surface area contributed by atoms with E-state index in [0.29, 0.717) is 6.04 Å². The van der Waals surface area contributed by atoms with Gasteiger partial charge >= 0.3 is 0 Å². The van der Waals surface area contributed by atoms with Crippen molar-refractivity contribution < 1.29 is 5.11 Å². The van der Waals surface area contributed by atoms with Crippen molar-refractivity contribution in [3.63, 3.8) is 0 Å². The molecular weight excluding hydrogens is 222 g/mol. The SMILES string of the molecule is OCc1cccc(NC2CCc3ccccc32)c1. The Morgan fingerprint density at radius 1 is 1.11 bits per heavy atom. The van der Waals surface area contributed by atoms with Crippen molar-refractivity contribution in [2.75, 3.05) is 5.32 Å². The summed E-state index contributed by atoms with van der Waals surface area (Å²) in [5.74, 6) is 0. The molecule has 0 aromatic heterocycles. The fourth-order valence-corrected chi connectivity index (χ4v) is 2.67. The normalized spacial score (nSPS) is 17.5. The van der Waals surface area contributed by atoms with Crippen molar-refractivity contribution in [3.8, 4) is 0 Å². The van der Waals surface area contributed by atoms with Crippen LogP contribution in [0.25, 0.3) is 0 Å². The van der Waals surface area contributed by atoms with Gasteiger partial charge in [-0.1, -0.05) is 36.4 Å². The second-order valence-electron chi connectivity index (χ2n) is 4.79. The molecule has 1 aliphatic rings. The first-order valence-electron chi connectivity index (χ1n) is 6.41. The number of hydrogen-bond acceptors (Lipinski definition) is 2. The Hall–Kier alpha value is -1.80.